The molecule has 1 rings (SSSR count). The van der Waals surface area contributed by atoms with E-state index in [1.807, 2.05) is 0 Å². The maximum Gasteiger partial charge on any atom is 0.407 e. The Morgan fingerprint density at radius 2 is 2.19 bits per heavy atom. The Morgan fingerprint density at radius 1 is 1.56 bits per heavy atom. The molecular weight excluding hydrogens is 210 g/mol. The van der Waals surface area contributed by atoms with Crippen LogP contribution in [-0.2, 0) is 9.53 Å². The number of nitrogens with two attached hydrogens (primary N) is 1. The Hall–Kier alpha value is -1.30. The van der Waals surface area contributed by atoms with Crippen molar-refractivity contribution >= 4 is 12.0 Å². The van der Waals surface area contributed by atoms with Gasteiger partial charge in [-0.05, 0) is 20.8 Å². The van der Waals surface area contributed by atoms with E-state index in [2.05, 4.69) is 10.6 Å². The van der Waals surface area contributed by atoms with E-state index in [9.17, 15) is 9.59 Å². The SMILES string of the molecule is CC(C)(C)OC(=O)N[C@@H]1CNC(=O)C[C@H]1N. The molecule has 1 aliphatic rings. The number of nitrogens with one attached hydrogen (secondary N) is 2. The highest BCUT2D eigenvalue weighted by Crippen LogP contribution is 2.08. The number of rotatable bonds is 1. The minimum atomic E-state index is -0.536. The van der Waals surface area contributed by atoms with Gasteiger partial charge in [-0.1, -0.05) is 0 Å². The Morgan fingerprint density at radius 3 is 2.69 bits per heavy atom. The fourth-order valence-corrected chi connectivity index (χ4v) is 1.42. The van der Waals surface area contributed by atoms with E-state index in [-0.39, 0.29) is 24.4 Å². The first kappa shape index (κ1) is 12.8. The zero-order chi connectivity index (χ0) is 12.3. The third-order valence-electron chi connectivity index (χ3n) is 2.16. The number of ether oxygens (including phenoxy) is 1. The maximum absolute atomic E-state index is 11.5. The zero-order valence-electron chi connectivity index (χ0n) is 9.87. The van der Waals surface area contributed by atoms with Crippen molar-refractivity contribution in [2.75, 3.05) is 6.54 Å². The molecule has 0 unspecified atom stereocenters. The molecule has 6 heteroatoms. The lowest BCUT2D eigenvalue weighted by atomic mass is 10.0. The van der Waals surface area contributed by atoms with Crippen LogP contribution >= 0.6 is 0 Å². The van der Waals surface area contributed by atoms with Crippen LogP contribution in [0, 0.1) is 0 Å². The van der Waals surface area contributed by atoms with Crippen molar-refractivity contribution in [1.29, 1.82) is 0 Å². The van der Waals surface area contributed by atoms with Crippen molar-refractivity contribution in [2.45, 2.75) is 44.9 Å². The van der Waals surface area contributed by atoms with Crippen molar-refractivity contribution in [3.63, 3.8) is 0 Å². The average Bonchev–Trinajstić information content (AvgIpc) is 2.06. The first-order valence-corrected chi connectivity index (χ1v) is 5.30. The fraction of sp³-hybridized carbons (Fsp3) is 0.800. The van der Waals surface area contributed by atoms with Crippen LogP contribution in [-0.4, -0.2) is 36.2 Å². The fourth-order valence-electron chi connectivity index (χ4n) is 1.42. The van der Waals surface area contributed by atoms with Crippen LogP contribution in [0.5, 0.6) is 0 Å². The number of carbonyl (C=O) groups is 2. The second-order valence-corrected chi connectivity index (χ2v) is 4.92. The Kier molecular flexibility index (Phi) is 3.74. The van der Waals surface area contributed by atoms with E-state index >= 15 is 0 Å². The predicted octanol–water partition coefficient (Wildman–Crippen LogP) is -0.273. The molecule has 92 valence electrons. The molecule has 16 heavy (non-hydrogen) atoms. The molecule has 6 nitrogen and oxygen atoms in total. The van der Waals surface area contributed by atoms with Gasteiger partial charge < -0.3 is 21.1 Å². The van der Waals surface area contributed by atoms with E-state index in [1.54, 1.807) is 20.8 Å². The van der Waals surface area contributed by atoms with E-state index < -0.39 is 11.7 Å². The van der Waals surface area contributed by atoms with Crippen molar-refractivity contribution in [1.82, 2.24) is 10.6 Å². The smallest absolute Gasteiger partial charge is 0.407 e. The van der Waals surface area contributed by atoms with Gasteiger partial charge in [0, 0.05) is 19.0 Å². The van der Waals surface area contributed by atoms with Gasteiger partial charge in [0.2, 0.25) is 5.91 Å². The molecule has 0 spiro atoms. The highest BCUT2D eigenvalue weighted by atomic mass is 16.6. The third-order valence-corrected chi connectivity index (χ3v) is 2.16. The molecule has 1 heterocycles. The van der Waals surface area contributed by atoms with Gasteiger partial charge in [-0.3, -0.25) is 4.79 Å². The summed E-state index contributed by atoms with van der Waals surface area (Å²) in [5.74, 6) is -0.0882. The lowest BCUT2D eigenvalue weighted by molar-refractivity contribution is -0.123. The molecule has 0 aliphatic carbocycles. The summed E-state index contributed by atoms with van der Waals surface area (Å²) < 4.78 is 5.10. The van der Waals surface area contributed by atoms with Crippen LogP contribution in [0.3, 0.4) is 0 Å². The van der Waals surface area contributed by atoms with Crippen molar-refractivity contribution in [3.8, 4) is 0 Å². The first-order chi connectivity index (χ1) is 7.28. The van der Waals surface area contributed by atoms with Crippen LogP contribution in [0.15, 0.2) is 0 Å². The number of alkyl carbamates (subject to hydrolysis) is 1. The van der Waals surface area contributed by atoms with Gasteiger partial charge in [0.25, 0.3) is 0 Å². The van der Waals surface area contributed by atoms with Gasteiger partial charge in [0.1, 0.15) is 5.60 Å². The van der Waals surface area contributed by atoms with Crippen LogP contribution in [0.1, 0.15) is 27.2 Å². The average molecular weight is 229 g/mol. The highest BCUT2D eigenvalue weighted by Gasteiger charge is 2.28. The number of hydrogen-bond acceptors (Lipinski definition) is 4. The predicted molar refractivity (Wildman–Crippen MR) is 58.8 cm³/mol. The molecule has 0 saturated carbocycles. The molecule has 2 amide bonds. The summed E-state index contributed by atoms with van der Waals surface area (Å²) in [6, 6.07) is -0.631. The van der Waals surface area contributed by atoms with E-state index in [0.717, 1.165) is 0 Å². The number of piperidine rings is 1. The summed E-state index contributed by atoms with van der Waals surface area (Å²) >= 11 is 0. The van der Waals surface area contributed by atoms with Crippen LogP contribution < -0.4 is 16.4 Å². The molecule has 0 aromatic heterocycles. The van der Waals surface area contributed by atoms with Gasteiger partial charge in [0.15, 0.2) is 0 Å². The van der Waals surface area contributed by atoms with Crippen LogP contribution in [0.25, 0.3) is 0 Å². The summed E-state index contributed by atoms with van der Waals surface area (Å²) in [6.07, 6.45) is -0.287. The molecule has 0 radical (unpaired) electrons. The standard InChI is InChI=1S/C10H19N3O3/c1-10(2,3)16-9(15)13-7-5-12-8(14)4-6(7)11/h6-7H,4-5,11H2,1-3H3,(H,12,14)(H,13,15)/t6-,7-/m1/s1. The molecule has 1 saturated heterocycles. The van der Waals surface area contributed by atoms with E-state index in [0.29, 0.717) is 6.54 Å². The molecule has 2 atom stereocenters. The van der Waals surface area contributed by atoms with E-state index in [1.165, 1.54) is 0 Å². The molecule has 4 N–H and O–H groups in total. The number of carbonyl (C=O) groups excluding carboxylic acids is 2. The topological polar surface area (TPSA) is 93.5 Å². The lowest BCUT2D eigenvalue weighted by Crippen LogP contribution is -2.59. The summed E-state index contributed by atoms with van der Waals surface area (Å²) in [4.78, 5) is 22.5. The molecule has 0 bridgehead atoms. The van der Waals surface area contributed by atoms with Gasteiger partial charge >= 0.3 is 6.09 Å². The maximum atomic E-state index is 11.5. The Labute approximate surface area is 94.9 Å². The zero-order valence-corrected chi connectivity index (χ0v) is 9.87. The minimum Gasteiger partial charge on any atom is -0.444 e. The second kappa shape index (κ2) is 4.69. The van der Waals surface area contributed by atoms with Crippen molar-refractivity contribution in [2.24, 2.45) is 5.73 Å². The van der Waals surface area contributed by atoms with Gasteiger partial charge in [0.05, 0.1) is 6.04 Å². The van der Waals surface area contributed by atoms with Gasteiger partial charge in [-0.2, -0.15) is 0 Å². The highest BCUT2D eigenvalue weighted by molar-refractivity contribution is 5.78. The van der Waals surface area contributed by atoms with Crippen LogP contribution in [0.2, 0.25) is 0 Å². The van der Waals surface area contributed by atoms with Crippen molar-refractivity contribution < 1.29 is 14.3 Å². The summed E-state index contributed by atoms with van der Waals surface area (Å²) in [7, 11) is 0. The second-order valence-electron chi connectivity index (χ2n) is 4.92. The lowest BCUT2D eigenvalue weighted by Gasteiger charge is -2.30. The van der Waals surface area contributed by atoms with Gasteiger partial charge in [-0.25, -0.2) is 4.79 Å². The summed E-state index contributed by atoms with van der Waals surface area (Å²) in [5, 5.41) is 5.29. The largest absolute Gasteiger partial charge is 0.444 e. The molecule has 1 fully saturated rings. The normalized spacial score (nSPS) is 25.9. The van der Waals surface area contributed by atoms with E-state index in [4.69, 9.17) is 10.5 Å². The number of hydrogen-bond donors (Lipinski definition) is 3. The van der Waals surface area contributed by atoms with Crippen LogP contribution in [0.4, 0.5) is 4.79 Å². The third kappa shape index (κ3) is 4.06. The first-order valence-electron chi connectivity index (χ1n) is 5.30. The molecule has 0 aromatic carbocycles. The Bertz CT molecular complexity index is 286. The van der Waals surface area contributed by atoms with Gasteiger partial charge in [-0.15, -0.1) is 0 Å². The quantitative estimate of drug-likeness (QED) is 0.577. The summed E-state index contributed by atoms with van der Waals surface area (Å²) in [5.41, 5.74) is 5.21. The minimum absolute atomic E-state index is 0.0882. The number of amides is 2. The summed E-state index contributed by atoms with van der Waals surface area (Å²) in [6.45, 7) is 5.71. The van der Waals surface area contributed by atoms with Crippen molar-refractivity contribution in [3.05, 3.63) is 0 Å². The molecule has 1 aliphatic heterocycles. The molecular formula is C10H19N3O3. The monoisotopic (exact) mass is 229 g/mol. The molecule has 0 aromatic rings. The Balaban J connectivity index is 2.42.